The molecule has 7 nitrogen and oxygen atoms in total. The minimum Gasteiger partial charge on any atom is -0.348 e. The lowest BCUT2D eigenvalue weighted by atomic mass is 9.88. The second-order valence-electron chi connectivity index (χ2n) is 10.4. The van der Waals surface area contributed by atoms with Gasteiger partial charge < -0.3 is 16.0 Å². The van der Waals surface area contributed by atoms with Crippen molar-refractivity contribution in [1.82, 2.24) is 20.9 Å². The first-order chi connectivity index (χ1) is 17.6. The minimum absolute atomic E-state index is 0.00454. The molecule has 3 atom stereocenters. The number of carbonyl (C=O) groups is 3. The first-order valence-electron chi connectivity index (χ1n) is 13.3. The van der Waals surface area contributed by atoms with Crippen molar-refractivity contribution < 1.29 is 14.4 Å². The molecule has 7 heteroatoms. The number of hydrogen-bond donors (Lipinski definition) is 3. The maximum absolute atomic E-state index is 12.7. The summed E-state index contributed by atoms with van der Waals surface area (Å²) in [6.45, 7) is 1.52. The highest BCUT2D eigenvalue weighted by Crippen LogP contribution is 2.30. The van der Waals surface area contributed by atoms with Crippen LogP contribution in [0.1, 0.15) is 66.4 Å². The summed E-state index contributed by atoms with van der Waals surface area (Å²) < 4.78 is 0. The van der Waals surface area contributed by atoms with Crippen molar-refractivity contribution in [1.29, 1.82) is 0 Å². The van der Waals surface area contributed by atoms with Crippen LogP contribution in [0.4, 0.5) is 0 Å². The number of rotatable bonds is 7. The minimum atomic E-state index is -0.198. The van der Waals surface area contributed by atoms with Crippen LogP contribution in [0.2, 0.25) is 0 Å². The van der Waals surface area contributed by atoms with E-state index < -0.39 is 0 Å². The molecule has 2 aromatic rings. The van der Waals surface area contributed by atoms with Gasteiger partial charge >= 0.3 is 0 Å². The lowest BCUT2D eigenvalue weighted by Crippen LogP contribution is -2.42. The number of aryl methyl sites for hydroxylation is 2. The van der Waals surface area contributed by atoms with Gasteiger partial charge in [-0.1, -0.05) is 48.5 Å². The van der Waals surface area contributed by atoms with E-state index in [1.807, 2.05) is 23.1 Å². The smallest absolute Gasteiger partial charge is 0.239 e. The predicted molar refractivity (Wildman–Crippen MR) is 138 cm³/mol. The molecule has 1 saturated heterocycles. The molecule has 2 aromatic carbocycles. The fourth-order valence-electron chi connectivity index (χ4n) is 6.00. The molecule has 2 aliphatic carbocycles. The van der Waals surface area contributed by atoms with Crippen LogP contribution in [0.25, 0.3) is 0 Å². The Balaban J connectivity index is 1.05. The van der Waals surface area contributed by atoms with E-state index in [9.17, 15) is 14.4 Å². The fraction of sp³-hybridized carbons (Fsp3) is 0.483. The van der Waals surface area contributed by atoms with Gasteiger partial charge in [-0.25, -0.2) is 0 Å². The zero-order valence-corrected chi connectivity index (χ0v) is 20.8. The number of benzene rings is 2. The van der Waals surface area contributed by atoms with Crippen LogP contribution in [0.3, 0.4) is 0 Å². The van der Waals surface area contributed by atoms with Crippen LogP contribution in [-0.2, 0) is 27.2 Å². The molecule has 3 unspecified atom stereocenters. The fourth-order valence-corrected chi connectivity index (χ4v) is 6.00. The van der Waals surface area contributed by atoms with Crippen molar-refractivity contribution in [2.45, 2.75) is 57.0 Å². The number of amides is 3. The quantitative estimate of drug-likeness (QED) is 0.559. The largest absolute Gasteiger partial charge is 0.348 e. The van der Waals surface area contributed by atoms with Gasteiger partial charge in [-0.2, -0.15) is 0 Å². The molecule has 3 aliphatic rings. The van der Waals surface area contributed by atoms with Gasteiger partial charge in [0.05, 0.1) is 31.1 Å². The summed E-state index contributed by atoms with van der Waals surface area (Å²) in [5.41, 5.74) is 5.03. The highest BCUT2D eigenvalue weighted by molar-refractivity contribution is 5.86. The average molecular weight is 489 g/mol. The maximum atomic E-state index is 12.7. The van der Waals surface area contributed by atoms with Crippen LogP contribution >= 0.6 is 0 Å². The van der Waals surface area contributed by atoms with Gasteiger partial charge in [-0.05, 0) is 73.7 Å². The van der Waals surface area contributed by atoms with E-state index in [0.717, 1.165) is 38.5 Å². The Morgan fingerprint density at radius 3 is 2.00 bits per heavy atom. The maximum Gasteiger partial charge on any atom is 0.239 e. The number of carbonyl (C=O) groups excluding carboxylic acids is 3. The summed E-state index contributed by atoms with van der Waals surface area (Å²) in [6.07, 6.45) is 6.82. The number of likely N-dealkylation sites (tertiary alicyclic amines) is 1. The van der Waals surface area contributed by atoms with Crippen molar-refractivity contribution in [3.05, 3.63) is 70.8 Å². The van der Waals surface area contributed by atoms with Crippen molar-refractivity contribution in [3.8, 4) is 0 Å². The van der Waals surface area contributed by atoms with E-state index in [0.29, 0.717) is 26.1 Å². The Morgan fingerprint density at radius 1 is 0.778 bits per heavy atom. The van der Waals surface area contributed by atoms with E-state index in [1.54, 1.807) is 0 Å². The number of nitrogens with zero attached hydrogens (tertiary/aromatic N) is 1. The number of hydrogen-bond acceptors (Lipinski definition) is 4. The van der Waals surface area contributed by atoms with E-state index in [2.05, 4.69) is 46.3 Å². The molecular weight excluding hydrogens is 452 g/mol. The summed E-state index contributed by atoms with van der Waals surface area (Å²) in [4.78, 5) is 40.0. The average Bonchev–Trinajstić information content (AvgIpc) is 3.36. The predicted octanol–water partition coefficient (Wildman–Crippen LogP) is 2.81. The standard InChI is InChI=1S/C29H36N4O3/c34-27(31-25-13-5-9-20-7-1-3-11-23(20)25)17-30-29(36)22-15-16-33(18-22)19-28(35)32-26-14-6-10-21-8-2-4-12-24(21)26/h1-4,7-8,11-12,22,25-26H,5-6,9-10,13-19H2,(H,30,36)(H,31,34)(H,32,35). The third-order valence-corrected chi connectivity index (χ3v) is 7.84. The molecule has 1 aliphatic heterocycles. The van der Waals surface area contributed by atoms with Gasteiger partial charge in [0.25, 0.3) is 0 Å². The molecule has 1 heterocycles. The molecule has 0 bridgehead atoms. The lowest BCUT2D eigenvalue weighted by Gasteiger charge is -2.27. The van der Waals surface area contributed by atoms with Crippen LogP contribution < -0.4 is 16.0 Å². The Labute approximate surface area is 213 Å². The Bertz CT molecular complexity index is 1120. The molecule has 190 valence electrons. The van der Waals surface area contributed by atoms with Crippen molar-refractivity contribution in [2.75, 3.05) is 26.2 Å². The Hall–Kier alpha value is -3.19. The zero-order chi connectivity index (χ0) is 24.9. The molecule has 0 spiro atoms. The summed E-state index contributed by atoms with van der Waals surface area (Å²) >= 11 is 0. The monoisotopic (exact) mass is 488 g/mol. The van der Waals surface area contributed by atoms with Gasteiger partial charge in [0.1, 0.15) is 0 Å². The van der Waals surface area contributed by atoms with Crippen LogP contribution in [0.15, 0.2) is 48.5 Å². The van der Waals surface area contributed by atoms with Crippen LogP contribution in [0, 0.1) is 5.92 Å². The molecule has 0 aromatic heterocycles. The van der Waals surface area contributed by atoms with Crippen molar-refractivity contribution in [2.24, 2.45) is 5.92 Å². The molecule has 3 N–H and O–H groups in total. The summed E-state index contributed by atoms with van der Waals surface area (Å²) in [5, 5.41) is 9.09. The first kappa shape index (κ1) is 24.5. The SMILES string of the molecule is O=C(CNC(=O)C1CCN(CC(=O)NC2CCCc3ccccc32)C1)NC1CCCc2ccccc21. The van der Waals surface area contributed by atoms with Gasteiger partial charge in [-0.3, -0.25) is 19.3 Å². The molecular formula is C29H36N4O3. The second kappa shape index (κ2) is 11.2. The topological polar surface area (TPSA) is 90.5 Å². The zero-order valence-electron chi connectivity index (χ0n) is 20.8. The molecule has 0 saturated carbocycles. The number of nitrogens with one attached hydrogen (secondary N) is 3. The van der Waals surface area contributed by atoms with Crippen molar-refractivity contribution in [3.63, 3.8) is 0 Å². The molecule has 5 rings (SSSR count). The molecule has 0 radical (unpaired) electrons. The summed E-state index contributed by atoms with van der Waals surface area (Å²) in [6, 6.07) is 16.7. The summed E-state index contributed by atoms with van der Waals surface area (Å²) in [7, 11) is 0. The van der Waals surface area contributed by atoms with E-state index in [4.69, 9.17) is 0 Å². The van der Waals surface area contributed by atoms with Gasteiger partial charge in [-0.15, -0.1) is 0 Å². The van der Waals surface area contributed by atoms with Gasteiger partial charge in [0.2, 0.25) is 17.7 Å². The number of fused-ring (bicyclic) bond motifs is 2. The molecule has 36 heavy (non-hydrogen) atoms. The highest BCUT2D eigenvalue weighted by Gasteiger charge is 2.30. The first-order valence-corrected chi connectivity index (χ1v) is 13.3. The third-order valence-electron chi connectivity index (χ3n) is 7.84. The molecule has 3 amide bonds. The Kier molecular flexibility index (Phi) is 7.66. The van der Waals surface area contributed by atoms with Gasteiger partial charge in [0.15, 0.2) is 0 Å². The van der Waals surface area contributed by atoms with Gasteiger partial charge in [0, 0.05) is 6.54 Å². The normalized spacial score (nSPS) is 23.3. The van der Waals surface area contributed by atoms with Crippen molar-refractivity contribution >= 4 is 17.7 Å². The van der Waals surface area contributed by atoms with Crippen LogP contribution in [-0.4, -0.2) is 48.8 Å². The third kappa shape index (κ3) is 5.78. The molecule has 1 fully saturated rings. The van der Waals surface area contributed by atoms with E-state index >= 15 is 0 Å². The lowest BCUT2D eigenvalue weighted by molar-refractivity contribution is -0.128. The second-order valence-corrected chi connectivity index (χ2v) is 10.4. The van der Waals surface area contributed by atoms with E-state index in [-0.39, 0.29) is 42.3 Å². The Morgan fingerprint density at radius 2 is 1.36 bits per heavy atom. The highest BCUT2D eigenvalue weighted by atomic mass is 16.2. The summed E-state index contributed by atoms with van der Waals surface area (Å²) in [5.74, 6) is -0.466. The van der Waals surface area contributed by atoms with E-state index in [1.165, 1.54) is 22.3 Å². The van der Waals surface area contributed by atoms with Crippen LogP contribution in [0.5, 0.6) is 0 Å².